The Labute approximate surface area is 206 Å². The fourth-order valence-electron chi connectivity index (χ4n) is 2.69. The molecule has 0 aromatic heterocycles. The van der Waals surface area contributed by atoms with E-state index in [1.165, 1.54) is 0 Å². The second kappa shape index (κ2) is 13.6. The van der Waals surface area contributed by atoms with Crippen LogP contribution in [0.25, 0.3) is 0 Å². The zero-order valence-electron chi connectivity index (χ0n) is 18.9. The average molecular weight is 531 g/mol. The van der Waals surface area contributed by atoms with E-state index in [-0.39, 0.29) is 13.2 Å². The molecule has 196 valence electrons. The van der Waals surface area contributed by atoms with Crippen molar-refractivity contribution in [3.63, 3.8) is 0 Å². The predicted octanol–water partition coefficient (Wildman–Crippen LogP) is 3.13. The Hall–Kier alpha value is -3.45. The van der Waals surface area contributed by atoms with Crippen molar-refractivity contribution in [3.05, 3.63) is 71.8 Å². The molecular weight excluding hydrogens is 505 g/mol. The molecule has 13 heteroatoms. The van der Waals surface area contributed by atoms with Crippen molar-refractivity contribution >= 4 is 28.3 Å². The first kappa shape index (κ1) is 28.8. The number of carbonyl (C=O) groups excluding carboxylic acids is 2. The summed E-state index contributed by atoms with van der Waals surface area (Å²) in [5.74, 6) is -1.98. The molecule has 2 aromatic carbocycles. The molecule has 0 bridgehead atoms. The fraction of sp³-hybridized carbons (Fsp3) is 0.348. The van der Waals surface area contributed by atoms with E-state index in [4.69, 9.17) is 14.6 Å². The molecule has 1 amide bonds. The maximum absolute atomic E-state index is 12.5. The second-order valence-electron chi connectivity index (χ2n) is 7.51. The number of nitrogens with one attached hydrogen (secondary N) is 1. The summed E-state index contributed by atoms with van der Waals surface area (Å²) in [4.78, 5) is 24.7. The van der Waals surface area contributed by atoms with Gasteiger partial charge < -0.3 is 19.9 Å². The minimum Gasteiger partial charge on any atom is -0.459 e. The summed E-state index contributed by atoms with van der Waals surface area (Å²) in [5, 5.41) is 11.2. The molecule has 2 N–H and O–H groups in total. The minimum atomic E-state index is -4.96. The number of amides is 1. The van der Waals surface area contributed by atoms with Crippen molar-refractivity contribution in [3.8, 4) is 0 Å². The van der Waals surface area contributed by atoms with E-state index in [0.717, 1.165) is 6.21 Å². The summed E-state index contributed by atoms with van der Waals surface area (Å²) in [6.07, 6.45) is -9.54. The third-order valence-corrected chi connectivity index (χ3v) is 5.84. The lowest BCUT2D eigenvalue weighted by atomic mass is 10.2. The Morgan fingerprint density at radius 1 is 0.972 bits per heavy atom. The number of esters is 1. The van der Waals surface area contributed by atoms with Gasteiger partial charge >= 0.3 is 18.2 Å². The van der Waals surface area contributed by atoms with Crippen molar-refractivity contribution in [1.82, 2.24) is 5.32 Å². The third-order valence-electron chi connectivity index (χ3n) is 4.62. The smallest absolute Gasteiger partial charge is 0.414 e. The first-order valence-electron chi connectivity index (χ1n) is 10.7. The summed E-state index contributed by atoms with van der Waals surface area (Å²) < 4.78 is 74.4. The number of alkyl halides is 3. The molecule has 0 aliphatic carbocycles. The zero-order chi connectivity index (χ0) is 26.6. The number of hydrogen-bond acceptors (Lipinski definition) is 7. The molecule has 0 fully saturated rings. The van der Waals surface area contributed by atoms with Gasteiger partial charge in [-0.05, 0) is 17.5 Å². The molecule has 36 heavy (non-hydrogen) atoms. The quantitative estimate of drug-likeness (QED) is 0.318. The first-order chi connectivity index (χ1) is 17.0. The average Bonchev–Trinajstić information content (AvgIpc) is 2.84. The topological polar surface area (TPSA) is 131 Å². The number of alkyl carbamates (subject to hydrolysis) is 1. The van der Waals surface area contributed by atoms with Crippen LogP contribution in [0.5, 0.6) is 0 Å². The van der Waals surface area contributed by atoms with Gasteiger partial charge in [-0.15, -0.1) is 0 Å². The van der Waals surface area contributed by atoms with Crippen LogP contribution in [0, 0.1) is 0 Å². The largest absolute Gasteiger partial charge is 0.459 e. The highest BCUT2D eigenvalue weighted by Gasteiger charge is 2.38. The summed E-state index contributed by atoms with van der Waals surface area (Å²) >= 11 is 0. The molecule has 2 atom stereocenters. The van der Waals surface area contributed by atoms with Gasteiger partial charge in [-0.1, -0.05) is 60.7 Å². The summed E-state index contributed by atoms with van der Waals surface area (Å²) in [5.41, 5.74) is 1.35. The lowest BCUT2D eigenvalue weighted by Crippen LogP contribution is -2.42. The number of aliphatic hydroxyl groups is 1. The van der Waals surface area contributed by atoms with E-state index in [1.54, 1.807) is 60.7 Å². The van der Waals surface area contributed by atoms with Gasteiger partial charge in [0, 0.05) is 12.6 Å². The van der Waals surface area contributed by atoms with Gasteiger partial charge in [-0.3, -0.25) is 0 Å². The molecule has 0 spiro atoms. The standard InChI is InChI=1S/C23H25F3N2O7S/c24-23(25,26)20(29)12-14-36(32,33)27-13-11-19(21(30)34-15-17-7-3-1-4-8-17)28-22(31)35-16-18-9-5-2-6-10-18/h1-10,13,19-20,29H,11-12,14-16H2,(H,28,31)/b27-13+. The van der Waals surface area contributed by atoms with E-state index in [0.29, 0.717) is 11.1 Å². The van der Waals surface area contributed by atoms with Gasteiger partial charge in [0.25, 0.3) is 10.0 Å². The van der Waals surface area contributed by atoms with E-state index < -0.39 is 59.0 Å². The molecule has 2 unspecified atom stereocenters. The van der Waals surface area contributed by atoms with E-state index >= 15 is 0 Å². The SMILES string of the molecule is O=C(NC(C/C=N/S(=O)(=O)CCC(O)C(F)(F)F)C(=O)OCc1ccccc1)OCc1ccccc1. The van der Waals surface area contributed by atoms with Crippen LogP contribution < -0.4 is 5.32 Å². The highest BCUT2D eigenvalue weighted by atomic mass is 32.2. The van der Waals surface area contributed by atoms with E-state index in [9.17, 15) is 31.2 Å². The maximum atomic E-state index is 12.5. The molecule has 0 saturated heterocycles. The minimum absolute atomic E-state index is 0.0948. The highest BCUT2D eigenvalue weighted by Crippen LogP contribution is 2.22. The summed E-state index contributed by atoms with van der Waals surface area (Å²) in [7, 11) is -4.37. The molecule has 9 nitrogen and oxygen atoms in total. The van der Waals surface area contributed by atoms with E-state index in [2.05, 4.69) is 9.71 Å². The summed E-state index contributed by atoms with van der Waals surface area (Å²) in [6, 6.07) is 15.9. The van der Waals surface area contributed by atoms with Crippen LogP contribution in [-0.4, -0.2) is 55.9 Å². The lowest BCUT2D eigenvalue weighted by molar-refractivity contribution is -0.203. The Morgan fingerprint density at radius 3 is 2.03 bits per heavy atom. The molecule has 0 aliphatic rings. The van der Waals surface area contributed by atoms with Gasteiger partial charge in [0.05, 0.1) is 5.75 Å². The summed E-state index contributed by atoms with van der Waals surface area (Å²) in [6.45, 7) is -0.218. The monoisotopic (exact) mass is 530 g/mol. The fourth-order valence-corrected chi connectivity index (χ4v) is 3.63. The molecular formula is C23H25F3N2O7S. The number of carbonyl (C=O) groups is 2. The van der Waals surface area contributed by atoms with Crippen molar-refractivity contribution < 1.29 is 45.8 Å². The number of halogens is 3. The van der Waals surface area contributed by atoms with Crippen LogP contribution in [0.2, 0.25) is 0 Å². The number of nitrogens with zero attached hydrogens (tertiary/aromatic N) is 1. The first-order valence-corrected chi connectivity index (χ1v) is 12.3. The lowest BCUT2D eigenvalue weighted by Gasteiger charge is -2.16. The molecule has 0 aliphatic heterocycles. The van der Waals surface area contributed by atoms with Gasteiger partial charge in [0.2, 0.25) is 0 Å². The van der Waals surface area contributed by atoms with E-state index in [1.807, 2.05) is 0 Å². The Morgan fingerprint density at radius 2 is 1.50 bits per heavy atom. The van der Waals surface area contributed by atoms with Crippen molar-refractivity contribution in [1.29, 1.82) is 0 Å². The number of aliphatic hydroxyl groups excluding tert-OH is 1. The Kier molecular flexibility index (Phi) is 10.9. The predicted molar refractivity (Wildman–Crippen MR) is 123 cm³/mol. The van der Waals surface area contributed by atoms with Crippen LogP contribution in [0.15, 0.2) is 65.1 Å². The van der Waals surface area contributed by atoms with Crippen molar-refractivity contribution in [2.45, 2.75) is 44.4 Å². The van der Waals surface area contributed by atoms with Crippen LogP contribution in [-0.2, 0) is 37.5 Å². The molecule has 0 radical (unpaired) electrons. The number of sulfonamides is 1. The number of ether oxygens (including phenoxy) is 2. The van der Waals surface area contributed by atoms with Crippen molar-refractivity contribution in [2.75, 3.05) is 5.75 Å². The second-order valence-corrected chi connectivity index (χ2v) is 9.29. The molecule has 0 saturated carbocycles. The Bertz CT molecular complexity index is 1110. The highest BCUT2D eigenvalue weighted by molar-refractivity contribution is 7.90. The van der Waals surface area contributed by atoms with Crippen LogP contribution in [0.4, 0.5) is 18.0 Å². The normalized spacial score (nSPS) is 13.7. The van der Waals surface area contributed by atoms with Crippen LogP contribution in [0.3, 0.4) is 0 Å². The third kappa shape index (κ3) is 10.9. The van der Waals surface area contributed by atoms with Crippen LogP contribution >= 0.6 is 0 Å². The molecule has 2 aromatic rings. The van der Waals surface area contributed by atoms with Gasteiger partial charge in [-0.25, -0.2) is 18.0 Å². The number of hydrogen-bond donors (Lipinski definition) is 2. The molecule has 0 heterocycles. The van der Waals surface area contributed by atoms with Gasteiger partial charge in [0.15, 0.2) is 6.10 Å². The Balaban J connectivity index is 1.99. The van der Waals surface area contributed by atoms with Gasteiger partial charge in [-0.2, -0.15) is 17.6 Å². The van der Waals surface area contributed by atoms with Crippen molar-refractivity contribution in [2.24, 2.45) is 4.40 Å². The molecule has 2 rings (SSSR count). The number of benzene rings is 2. The van der Waals surface area contributed by atoms with Crippen LogP contribution in [0.1, 0.15) is 24.0 Å². The maximum Gasteiger partial charge on any atom is 0.414 e. The van der Waals surface area contributed by atoms with Gasteiger partial charge in [0.1, 0.15) is 19.3 Å². The number of rotatable bonds is 12. The zero-order valence-corrected chi connectivity index (χ0v) is 19.7.